The molecule has 0 N–H and O–H groups in total. The van der Waals surface area contributed by atoms with Crippen LogP contribution in [0.4, 0.5) is 4.39 Å². The second kappa shape index (κ2) is 9.63. The maximum Gasteiger partial charge on any atom is 0.338 e. The minimum absolute atomic E-state index is 0.0245. The van der Waals surface area contributed by atoms with Crippen LogP contribution in [0.2, 0.25) is 5.02 Å². The molecule has 3 aromatic rings. The second-order valence-electron chi connectivity index (χ2n) is 6.89. The van der Waals surface area contributed by atoms with Gasteiger partial charge in [-0.3, -0.25) is 0 Å². The Labute approximate surface area is 193 Å². The van der Waals surface area contributed by atoms with Crippen LogP contribution < -0.4 is 0 Å². The van der Waals surface area contributed by atoms with E-state index in [0.29, 0.717) is 23.9 Å². The van der Waals surface area contributed by atoms with Gasteiger partial charge in [-0.05, 0) is 42.5 Å². The van der Waals surface area contributed by atoms with Gasteiger partial charge in [0.15, 0.2) is 0 Å². The lowest BCUT2D eigenvalue weighted by atomic mass is 10.2. The van der Waals surface area contributed by atoms with Crippen LogP contribution in [0, 0.1) is 5.82 Å². The molecule has 0 unspecified atom stereocenters. The molecule has 1 fully saturated rings. The first-order chi connectivity index (χ1) is 15.3. The molecule has 11 heteroatoms. The molecule has 1 aliphatic heterocycles. The minimum atomic E-state index is -3.87. The summed E-state index contributed by atoms with van der Waals surface area (Å²) in [5.41, 5.74) is 1.35. The molecule has 0 saturated carbocycles. The van der Waals surface area contributed by atoms with E-state index in [0.717, 1.165) is 5.56 Å². The van der Waals surface area contributed by atoms with Crippen molar-refractivity contribution in [2.45, 2.75) is 11.5 Å². The van der Waals surface area contributed by atoms with Gasteiger partial charge in [-0.25, -0.2) is 22.6 Å². The zero-order valence-electron chi connectivity index (χ0n) is 16.7. The molecule has 1 saturated heterocycles. The summed E-state index contributed by atoms with van der Waals surface area (Å²) >= 11 is 7.47. The molecule has 32 heavy (non-hydrogen) atoms. The fourth-order valence-electron chi connectivity index (χ4n) is 3.08. The van der Waals surface area contributed by atoms with Crippen LogP contribution in [0.3, 0.4) is 0 Å². The van der Waals surface area contributed by atoms with Crippen LogP contribution in [0.25, 0.3) is 10.6 Å². The number of morpholine rings is 1. The van der Waals surface area contributed by atoms with Crippen molar-refractivity contribution in [2.75, 3.05) is 26.3 Å². The summed E-state index contributed by atoms with van der Waals surface area (Å²) in [5.74, 6) is -1.03. The minimum Gasteiger partial charge on any atom is -0.456 e. The maximum atomic E-state index is 13.1. The Morgan fingerprint density at radius 2 is 1.91 bits per heavy atom. The summed E-state index contributed by atoms with van der Waals surface area (Å²) in [4.78, 5) is 16.8. The maximum absolute atomic E-state index is 13.1. The van der Waals surface area contributed by atoms with Gasteiger partial charge in [0, 0.05) is 24.0 Å². The highest BCUT2D eigenvalue weighted by Gasteiger charge is 2.29. The zero-order chi connectivity index (χ0) is 22.7. The van der Waals surface area contributed by atoms with Gasteiger partial charge in [-0.15, -0.1) is 11.3 Å². The van der Waals surface area contributed by atoms with E-state index in [1.807, 2.05) is 0 Å². The van der Waals surface area contributed by atoms with E-state index < -0.39 is 16.0 Å². The number of carbonyl (C=O) groups excluding carboxylic acids is 1. The summed E-state index contributed by atoms with van der Waals surface area (Å²) in [7, 11) is -3.87. The fourth-order valence-corrected chi connectivity index (χ4v) is 5.79. The van der Waals surface area contributed by atoms with E-state index in [1.165, 1.54) is 46.0 Å². The zero-order valence-corrected chi connectivity index (χ0v) is 19.1. The van der Waals surface area contributed by atoms with Crippen LogP contribution >= 0.6 is 22.9 Å². The number of aromatic nitrogens is 1. The predicted octanol–water partition coefficient (Wildman–Crippen LogP) is 3.98. The van der Waals surface area contributed by atoms with Crippen LogP contribution in [-0.4, -0.2) is 50.0 Å². The predicted molar refractivity (Wildman–Crippen MR) is 118 cm³/mol. The largest absolute Gasteiger partial charge is 0.456 e. The van der Waals surface area contributed by atoms with Crippen LogP contribution in [0.5, 0.6) is 0 Å². The summed E-state index contributed by atoms with van der Waals surface area (Å²) in [6, 6.07) is 9.93. The third-order valence-corrected chi connectivity index (χ3v) is 8.07. The molecule has 0 radical (unpaired) electrons. The Balaban J connectivity index is 1.46. The van der Waals surface area contributed by atoms with E-state index >= 15 is 0 Å². The topological polar surface area (TPSA) is 85.8 Å². The molecule has 7 nitrogen and oxygen atoms in total. The molecule has 2 aromatic carbocycles. The Bertz CT molecular complexity index is 1230. The van der Waals surface area contributed by atoms with Crippen molar-refractivity contribution in [1.82, 2.24) is 9.29 Å². The standard InChI is InChI=1S/C21H18ClFN2O5S2/c22-18-6-3-15(11-19(18)32(27,28)25-7-9-29-10-8-25)21(26)30-12-17-13-31-20(24-17)14-1-4-16(23)5-2-14/h1-6,11,13H,7-10,12H2. The van der Waals surface area contributed by atoms with Gasteiger partial charge in [-0.2, -0.15) is 4.31 Å². The molecular weight excluding hydrogens is 479 g/mol. The second-order valence-corrected chi connectivity index (χ2v) is 10.1. The number of benzene rings is 2. The number of esters is 1. The van der Waals surface area contributed by atoms with Crippen LogP contribution in [0.1, 0.15) is 16.1 Å². The van der Waals surface area contributed by atoms with Gasteiger partial charge in [-0.1, -0.05) is 11.6 Å². The number of carbonyl (C=O) groups is 1. The number of ether oxygens (including phenoxy) is 2. The molecule has 0 atom stereocenters. The van der Waals surface area contributed by atoms with Crippen molar-refractivity contribution >= 4 is 38.9 Å². The summed E-state index contributed by atoms with van der Waals surface area (Å²) < 4.78 is 50.7. The molecule has 0 aliphatic carbocycles. The number of thiazole rings is 1. The van der Waals surface area contributed by atoms with Crippen LogP contribution in [-0.2, 0) is 26.1 Å². The molecule has 0 spiro atoms. The van der Waals surface area contributed by atoms with Crippen molar-refractivity contribution in [3.63, 3.8) is 0 Å². The van der Waals surface area contributed by atoms with E-state index in [4.69, 9.17) is 21.1 Å². The fraction of sp³-hybridized carbons (Fsp3) is 0.238. The van der Waals surface area contributed by atoms with Gasteiger partial charge < -0.3 is 9.47 Å². The van der Waals surface area contributed by atoms with E-state index in [9.17, 15) is 17.6 Å². The van der Waals surface area contributed by atoms with Crippen molar-refractivity contribution in [3.8, 4) is 10.6 Å². The van der Waals surface area contributed by atoms with Crippen molar-refractivity contribution in [1.29, 1.82) is 0 Å². The van der Waals surface area contributed by atoms with Gasteiger partial charge in [0.1, 0.15) is 22.3 Å². The number of nitrogens with zero attached hydrogens (tertiary/aromatic N) is 2. The quantitative estimate of drug-likeness (QED) is 0.480. The first-order valence-electron chi connectivity index (χ1n) is 9.59. The van der Waals surface area contributed by atoms with Crippen molar-refractivity contribution < 1.29 is 27.1 Å². The van der Waals surface area contributed by atoms with E-state index in [2.05, 4.69) is 4.98 Å². The Morgan fingerprint density at radius 3 is 2.62 bits per heavy atom. The molecule has 168 valence electrons. The van der Waals surface area contributed by atoms with Crippen LogP contribution in [0.15, 0.2) is 52.7 Å². The van der Waals surface area contributed by atoms with Crippen molar-refractivity contribution in [2.24, 2.45) is 0 Å². The molecule has 4 rings (SSSR count). The molecule has 1 aromatic heterocycles. The number of hydrogen-bond donors (Lipinski definition) is 0. The molecular formula is C21H18ClFN2O5S2. The molecule has 2 heterocycles. The average Bonchev–Trinajstić information content (AvgIpc) is 3.28. The number of rotatable bonds is 6. The highest BCUT2D eigenvalue weighted by molar-refractivity contribution is 7.89. The van der Waals surface area contributed by atoms with Crippen molar-refractivity contribution in [3.05, 3.63) is 69.9 Å². The molecule has 0 amide bonds. The highest BCUT2D eigenvalue weighted by atomic mass is 35.5. The summed E-state index contributed by atoms with van der Waals surface area (Å²) in [5, 5.41) is 2.43. The number of halogens is 2. The lowest BCUT2D eigenvalue weighted by Crippen LogP contribution is -2.40. The van der Waals surface area contributed by atoms with Gasteiger partial charge in [0.25, 0.3) is 0 Å². The highest BCUT2D eigenvalue weighted by Crippen LogP contribution is 2.27. The smallest absolute Gasteiger partial charge is 0.338 e. The Kier molecular flexibility index (Phi) is 6.87. The van der Waals surface area contributed by atoms with E-state index in [-0.39, 0.29) is 41.0 Å². The third kappa shape index (κ3) is 5.00. The van der Waals surface area contributed by atoms with Gasteiger partial charge >= 0.3 is 5.97 Å². The van der Waals surface area contributed by atoms with Gasteiger partial charge in [0.05, 0.1) is 29.5 Å². The summed E-state index contributed by atoms with van der Waals surface area (Å²) in [6.07, 6.45) is 0. The lowest BCUT2D eigenvalue weighted by Gasteiger charge is -2.26. The van der Waals surface area contributed by atoms with Gasteiger partial charge in [0.2, 0.25) is 10.0 Å². The lowest BCUT2D eigenvalue weighted by molar-refractivity contribution is 0.0468. The SMILES string of the molecule is O=C(OCc1csc(-c2ccc(F)cc2)n1)c1ccc(Cl)c(S(=O)(=O)N2CCOCC2)c1. The van der Waals surface area contributed by atoms with E-state index in [1.54, 1.807) is 17.5 Å². The average molecular weight is 497 g/mol. The third-order valence-electron chi connectivity index (χ3n) is 4.75. The Hall–Kier alpha value is -2.37. The first kappa shape index (κ1) is 22.8. The first-order valence-corrected chi connectivity index (χ1v) is 12.3. The number of sulfonamides is 1. The monoisotopic (exact) mass is 496 g/mol. The molecule has 0 bridgehead atoms. The summed E-state index contributed by atoms with van der Waals surface area (Å²) in [6.45, 7) is 0.935. The molecule has 1 aliphatic rings. The normalized spacial score (nSPS) is 14.9. The Morgan fingerprint density at radius 1 is 1.19 bits per heavy atom. The number of hydrogen-bond acceptors (Lipinski definition) is 7.